The molecule has 1 aromatic carbocycles. The predicted molar refractivity (Wildman–Crippen MR) is 80.8 cm³/mol. The summed E-state index contributed by atoms with van der Waals surface area (Å²) in [4.78, 5) is 16.1. The molecule has 0 aliphatic heterocycles. The van der Waals surface area contributed by atoms with Crippen LogP contribution in [0.1, 0.15) is 21.6 Å². The standard InChI is InChI=1S/C14H12BrClN2O/c1-8-6-9(2)13(10(15)7-8)18-14(19)11-4-3-5-12(16)17-11/h3-7H,1-2H3,(H,18,19). The normalized spacial score (nSPS) is 10.3. The molecule has 1 amide bonds. The zero-order valence-corrected chi connectivity index (χ0v) is 12.8. The Labute approximate surface area is 125 Å². The Morgan fingerprint density at radius 1 is 1.32 bits per heavy atom. The molecule has 0 atom stereocenters. The number of carbonyl (C=O) groups is 1. The summed E-state index contributed by atoms with van der Waals surface area (Å²) in [5.41, 5.74) is 3.15. The van der Waals surface area contributed by atoms with Crippen LogP contribution in [0.15, 0.2) is 34.8 Å². The number of aryl methyl sites for hydroxylation is 2. The zero-order chi connectivity index (χ0) is 14.0. The Morgan fingerprint density at radius 3 is 2.68 bits per heavy atom. The molecule has 1 N–H and O–H groups in total. The Balaban J connectivity index is 2.29. The number of nitrogens with zero attached hydrogens (tertiary/aromatic N) is 1. The Kier molecular flexibility index (Phi) is 4.22. The molecule has 0 fully saturated rings. The summed E-state index contributed by atoms with van der Waals surface area (Å²) in [6.07, 6.45) is 0. The summed E-state index contributed by atoms with van der Waals surface area (Å²) in [5, 5.41) is 3.14. The van der Waals surface area contributed by atoms with Crippen LogP contribution in [-0.4, -0.2) is 10.9 Å². The van der Waals surface area contributed by atoms with Crippen molar-refractivity contribution in [3.63, 3.8) is 0 Å². The molecule has 0 spiro atoms. The summed E-state index contributed by atoms with van der Waals surface area (Å²) in [6, 6.07) is 8.91. The van der Waals surface area contributed by atoms with Crippen molar-refractivity contribution in [3.8, 4) is 0 Å². The number of pyridine rings is 1. The minimum Gasteiger partial charge on any atom is -0.319 e. The van der Waals surface area contributed by atoms with E-state index in [2.05, 4.69) is 26.2 Å². The highest BCUT2D eigenvalue weighted by molar-refractivity contribution is 9.10. The van der Waals surface area contributed by atoms with Gasteiger partial charge >= 0.3 is 0 Å². The lowest BCUT2D eigenvalue weighted by Crippen LogP contribution is -2.15. The first-order chi connectivity index (χ1) is 8.97. The Morgan fingerprint density at radius 2 is 2.05 bits per heavy atom. The Hall–Kier alpha value is -1.39. The van der Waals surface area contributed by atoms with Crippen molar-refractivity contribution in [2.45, 2.75) is 13.8 Å². The monoisotopic (exact) mass is 338 g/mol. The van der Waals surface area contributed by atoms with Gasteiger partial charge < -0.3 is 5.32 Å². The smallest absolute Gasteiger partial charge is 0.274 e. The van der Waals surface area contributed by atoms with Gasteiger partial charge in [-0.15, -0.1) is 0 Å². The molecule has 2 rings (SSSR count). The van der Waals surface area contributed by atoms with Gasteiger partial charge in [0, 0.05) is 4.47 Å². The molecule has 0 aliphatic rings. The van der Waals surface area contributed by atoms with E-state index in [0.717, 1.165) is 21.3 Å². The zero-order valence-electron chi connectivity index (χ0n) is 10.5. The van der Waals surface area contributed by atoms with Crippen molar-refractivity contribution >= 4 is 39.1 Å². The summed E-state index contributed by atoms with van der Waals surface area (Å²) in [6.45, 7) is 3.95. The van der Waals surface area contributed by atoms with Crippen LogP contribution in [0.25, 0.3) is 0 Å². The van der Waals surface area contributed by atoms with Crippen LogP contribution in [0.5, 0.6) is 0 Å². The van der Waals surface area contributed by atoms with Crippen molar-refractivity contribution in [1.82, 2.24) is 4.98 Å². The van der Waals surface area contributed by atoms with E-state index in [-0.39, 0.29) is 5.91 Å². The van der Waals surface area contributed by atoms with E-state index >= 15 is 0 Å². The molecule has 0 saturated carbocycles. The molecule has 0 unspecified atom stereocenters. The third kappa shape index (κ3) is 3.33. The minimum atomic E-state index is -0.282. The minimum absolute atomic E-state index is 0.282. The molecule has 19 heavy (non-hydrogen) atoms. The number of benzene rings is 1. The van der Waals surface area contributed by atoms with Gasteiger partial charge in [-0.3, -0.25) is 4.79 Å². The van der Waals surface area contributed by atoms with Gasteiger partial charge in [0.15, 0.2) is 0 Å². The van der Waals surface area contributed by atoms with Crippen LogP contribution >= 0.6 is 27.5 Å². The molecule has 0 aliphatic carbocycles. The van der Waals surface area contributed by atoms with Crippen LogP contribution < -0.4 is 5.32 Å². The maximum atomic E-state index is 12.1. The van der Waals surface area contributed by atoms with Crippen molar-refractivity contribution in [2.75, 3.05) is 5.32 Å². The lowest BCUT2D eigenvalue weighted by Gasteiger charge is -2.11. The molecule has 0 radical (unpaired) electrons. The highest BCUT2D eigenvalue weighted by Crippen LogP contribution is 2.28. The molecule has 1 aromatic heterocycles. The van der Waals surface area contributed by atoms with Gasteiger partial charge in [0.2, 0.25) is 0 Å². The first-order valence-electron chi connectivity index (χ1n) is 5.68. The summed E-state index contributed by atoms with van der Waals surface area (Å²) in [5.74, 6) is -0.282. The molecular formula is C14H12BrClN2O. The van der Waals surface area contributed by atoms with Gasteiger partial charge in [-0.2, -0.15) is 0 Å². The summed E-state index contributed by atoms with van der Waals surface area (Å²) >= 11 is 9.23. The average molecular weight is 340 g/mol. The molecule has 98 valence electrons. The lowest BCUT2D eigenvalue weighted by molar-refractivity contribution is 0.102. The summed E-state index contributed by atoms with van der Waals surface area (Å²) in [7, 11) is 0. The molecule has 5 heteroatoms. The second-order valence-electron chi connectivity index (χ2n) is 4.24. The molecule has 1 heterocycles. The van der Waals surface area contributed by atoms with Crippen LogP contribution in [0.2, 0.25) is 5.15 Å². The number of rotatable bonds is 2. The van der Waals surface area contributed by atoms with Gasteiger partial charge in [-0.1, -0.05) is 23.7 Å². The fourth-order valence-corrected chi connectivity index (χ4v) is 2.72. The lowest BCUT2D eigenvalue weighted by atomic mass is 10.1. The van der Waals surface area contributed by atoms with E-state index in [9.17, 15) is 4.79 Å². The number of halogens is 2. The number of aromatic nitrogens is 1. The maximum absolute atomic E-state index is 12.1. The number of anilines is 1. The van der Waals surface area contributed by atoms with Crippen molar-refractivity contribution < 1.29 is 4.79 Å². The predicted octanol–water partition coefficient (Wildman–Crippen LogP) is 4.37. The van der Waals surface area contributed by atoms with E-state index in [4.69, 9.17) is 11.6 Å². The number of nitrogens with one attached hydrogen (secondary N) is 1. The van der Waals surface area contributed by atoms with Gasteiger partial charge in [-0.25, -0.2) is 4.98 Å². The van der Waals surface area contributed by atoms with E-state index in [1.807, 2.05) is 26.0 Å². The van der Waals surface area contributed by atoms with Crippen LogP contribution in [0.4, 0.5) is 5.69 Å². The van der Waals surface area contributed by atoms with Crippen molar-refractivity contribution in [2.24, 2.45) is 0 Å². The largest absolute Gasteiger partial charge is 0.319 e. The second-order valence-corrected chi connectivity index (χ2v) is 5.48. The van der Waals surface area contributed by atoms with Gasteiger partial charge in [0.1, 0.15) is 10.8 Å². The van der Waals surface area contributed by atoms with E-state index < -0.39 is 0 Å². The number of hydrogen-bond acceptors (Lipinski definition) is 2. The van der Waals surface area contributed by atoms with E-state index in [1.165, 1.54) is 0 Å². The average Bonchev–Trinajstić information content (AvgIpc) is 2.33. The maximum Gasteiger partial charge on any atom is 0.274 e. The Bertz CT molecular complexity index is 620. The highest BCUT2D eigenvalue weighted by atomic mass is 79.9. The first kappa shape index (κ1) is 14.0. The number of amides is 1. The van der Waals surface area contributed by atoms with Crippen LogP contribution in [-0.2, 0) is 0 Å². The third-order valence-corrected chi connectivity index (χ3v) is 3.45. The molecule has 3 nitrogen and oxygen atoms in total. The highest BCUT2D eigenvalue weighted by Gasteiger charge is 2.12. The molecule has 0 saturated heterocycles. The molecular weight excluding hydrogens is 328 g/mol. The quantitative estimate of drug-likeness (QED) is 0.826. The van der Waals surface area contributed by atoms with Gasteiger partial charge in [0.05, 0.1) is 5.69 Å². The van der Waals surface area contributed by atoms with Crippen molar-refractivity contribution in [1.29, 1.82) is 0 Å². The van der Waals surface area contributed by atoms with Crippen LogP contribution in [0.3, 0.4) is 0 Å². The summed E-state index contributed by atoms with van der Waals surface area (Å²) < 4.78 is 0.848. The van der Waals surface area contributed by atoms with Crippen LogP contribution in [0, 0.1) is 13.8 Å². The second kappa shape index (κ2) is 5.72. The van der Waals surface area contributed by atoms with E-state index in [1.54, 1.807) is 18.2 Å². The SMILES string of the molecule is Cc1cc(C)c(NC(=O)c2cccc(Cl)n2)c(Br)c1. The third-order valence-electron chi connectivity index (χ3n) is 2.62. The van der Waals surface area contributed by atoms with Gasteiger partial charge in [0.25, 0.3) is 5.91 Å². The fourth-order valence-electron chi connectivity index (χ4n) is 1.79. The van der Waals surface area contributed by atoms with E-state index in [0.29, 0.717) is 10.8 Å². The number of carbonyl (C=O) groups excluding carboxylic acids is 1. The van der Waals surface area contributed by atoms with Gasteiger partial charge in [-0.05, 0) is 59.1 Å². The topological polar surface area (TPSA) is 42.0 Å². The fraction of sp³-hybridized carbons (Fsp3) is 0.143. The molecule has 0 bridgehead atoms. The molecule has 2 aromatic rings. The van der Waals surface area contributed by atoms with Crippen molar-refractivity contribution in [3.05, 3.63) is 56.8 Å². The number of hydrogen-bond donors (Lipinski definition) is 1. The first-order valence-corrected chi connectivity index (χ1v) is 6.85.